The van der Waals surface area contributed by atoms with Crippen LogP contribution >= 0.6 is 0 Å². The van der Waals surface area contributed by atoms with Gasteiger partial charge in [0.15, 0.2) is 0 Å². The fourth-order valence-electron chi connectivity index (χ4n) is 4.80. The predicted molar refractivity (Wildman–Crippen MR) is 117 cm³/mol. The van der Waals surface area contributed by atoms with Crippen LogP contribution in [0.2, 0.25) is 0 Å². The first-order chi connectivity index (χ1) is 14.3. The second-order valence-corrected chi connectivity index (χ2v) is 8.37. The van der Waals surface area contributed by atoms with E-state index in [1.54, 1.807) is 0 Å². The molecule has 2 aromatic heterocycles. The van der Waals surface area contributed by atoms with Gasteiger partial charge in [0.05, 0.1) is 18.3 Å². The number of aliphatic hydroxyl groups is 1. The zero-order valence-electron chi connectivity index (χ0n) is 16.7. The molecule has 1 saturated heterocycles. The fourth-order valence-corrected chi connectivity index (χ4v) is 4.80. The van der Waals surface area contributed by atoms with Crippen molar-refractivity contribution < 1.29 is 5.11 Å². The number of H-pyrrole nitrogens is 1. The van der Waals surface area contributed by atoms with Gasteiger partial charge in [-0.1, -0.05) is 18.2 Å². The van der Waals surface area contributed by atoms with E-state index >= 15 is 0 Å². The van der Waals surface area contributed by atoms with Gasteiger partial charge in [-0.05, 0) is 72.5 Å². The van der Waals surface area contributed by atoms with E-state index in [-0.39, 0.29) is 6.61 Å². The van der Waals surface area contributed by atoms with Crippen LogP contribution in [0.25, 0.3) is 21.8 Å². The van der Waals surface area contributed by atoms with E-state index < -0.39 is 0 Å². The van der Waals surface area contributed by atoms with Crippen molar-refractivity contribution >= 4 is 21.8 Å². The Kier molecular flexibility index (Phi) is 5.08. The SMILES string of the molecule is OCCn1ccc2ccc(CN3CCC[C@H](Cc4ccc5[nH]ncc5c4)C3)cc21. The normalized spacial score (nSPS) is 18.0. The quantitative estimate of drug-likeness (QED) is 0.526. The number of hydrogen-bond donors (Lipinski definition) is 2. The number of hydrogen-bond acceptors (Lipinski definition) is 3. The first-order valence-corrected chi connectivity index (χ1v) is 10.6. The number of aromatic nitrogens is 3. The van der Waals surface area contributed by atoms with E-state index in [2.05, 4.69) is 68.3 Å². The second-order valence-electron chi connectivity index (χ2n) is 8.37. The van der Waals surface area contributed by atoms with Gasteiger partial charge in [-0.2, -0.15) is 5.10 Å². The minimum atomic E-state index is 0.173. The van der Waals surface area contributed by atoms with E-state index in [4.69, 9.17) is 0 Å². The molecule has 3 heterocycles. The minimum Gasteiger partial charge on any atom is -0.395 e. The number of rotatable bonds is 6. The summed E-state index contributed by atoms with van der Waals surface area (Å²) in [6, 6.07) is 15.5. The molecule has 150 valence electrons. The Morgan fingerprint density at radius 1 is 1.07 bits per heavy atom. The van der Waals surface area contributed by atoms with Crippen LogP contribution in [-0.4, -0.2) is 44.5 Å². The average molecular weight is 389 g/mol. The molecule has 5 heteroatoms. The third kappa shape index (κ3) is 3.93. The number of nitrogens with one attached hydrogen (secondary N) is 1. The molecule has 5 nitrogen and oxygen atoms in total. The molecular weight excluding hydrogens is 360 g/mol. The lowest BCUT2D eigenvalue weighted by Gasteiger charge is -2.33. The van der Waals surface area contributed by atoms with Gasteiger partial charge in [0.25, 0.3) is 0 Å². The molecule has 0 radical (unpaired) electrons. The fraction of sp³-hybridized carbons (Fsp3) is 0.375. The van der Waals surface area contributed by atoms with Crippen molar-refractivity contribution in [1.82, 2.24) is 19.7 Å². The van der Waals surface area contributed by atoms with E-state index in [1.165, 1.54) is 46.8 Å². The first-order valence-electron chi connectivity index (χ1n) is 10.6. The molecule has 0 bridgehead atoms. The van der Waals surface area contributed by atoms with Crippen LogP contribution in [-0.2, 0) is 19.5 Å². The number of piperidine rings is 1. The third-order valence-electron chi connectivity index (χ3n) is 6.22. The molecule has 2 N–H and O–H groups in total. The van der Waals surface area contributed by atoms with Gasteiger partial charge in [-0.3, -0.25) is 10.00 Å². The van der Waals surface area contributed by atoms with Crippen molar-refractivity contribution in [2.24, 2.45) is 5.92 Å². The molecule has 0 spiro atoms. The highest BCUT2D eigenvalue weighted by atomic mass is 16.3. The molecule has 1 aliphatic heterocycles. The standard InChI is InChI=1S/C24H28N4O/c29-11-10-28-9-7-21-5-3-20(14-24(21)28)17-27-8-1-2-19(16-27)12-18-4-6-23-22(13-18)15-25-26-23/h3-7,9,13-15,19,29H,1-2,8,10-12,16-17H2,(H,25,26)/t19-/m1/s1. The summed E-state index contributed by atoms with van der Waals surface area (Å²) in [5.74, 6) is 0.704. The maximum Gasteiger partial charge on any atom is 0.0650 e. The Morgan fingerprint density at radius 3 is 2.93 bits per heavy atom. The Hall–Kier alpha value is -2.63. The molecule has 2 aromatic carbocycles. The maximum atomic E-state index is 9.29. The lowest BCUT2D eigenvalue weighted by atomic mass is 9.90. The van der Waals surface area contributed by atoms with E-state index in [1.807, 2.05) is 6.20 Å². The predicted octanol–water partition coefficient (Wildman–Crippen LogP) is 3.96. The number of aliphatic hydroxyl groups excluding tert-OH is 1. The monoisotopic (exact) mass is 388 g/mol. The topological polar surface area (TPSA) is 57.1 Å². The number of nitrogens with zero attached hydrogens (tertiary/aromatic N) is 3. The van der Waals surface area contributed by atoms with Crippen LogP contribution in [0.5, 0.6) is 0 Å². The first kappa shape index (κ1) is 18.4. The number of aromatic amines is 1. The summed E-state index contributed by atoms with van der Waals surface area (Å²) in [6.07, 6.45) is 7.68. The Bertz CT molecular complexity index is 1110. The summed E-state index contributed by atoms with van der Waals surface area (Å²) >= 11 is 0. The molecule has 0 amide bonds. The summed E-state index contributed by atoms with van der Waals surface area (Å²) in [7, 11) is 0. The van der Waals surface area contributed by atoms with Gasteiger partial charge in [-0.25, -0.2) is 0 Å². The molecule has 0 saturated carbocycles. The summed E-state index contributed by atoms with van der Waals surface area (Å²) in [5, 5.41) is 18.9. The van der Waals surface area contributed by atoms with E-state index in [0.717, 1.165) is 25.0 Å². The van der Waals surface area contributed by atoms with Crippen molar-refractivity contribution in [1.29, 1.82) is 0 Å². The average Bonchev–Trinajstić information content (AvgIpc) is 3.35. The zero-order chi connectivity index (χ0) is 19.6. The third-order valence-corrected chi connectivity index (χ3v) is 6.22. The number of fused-ring (bicyclic) bond motifs is 2. The van der Waals surface area contributed by atoms with Crippen LogP contribution in [0.3, 0.4) is 0 Å². The van der Waals surface area contributed by atoms with Crippen molar-refractivity contribution in [3.8, 4) is 0 Å². The molecule has 1 fully saturated rings. The molecule has 1 aliphatic rings. The Labute approximate surface area is 171 Å². The zero-order valence-corrected chi connectivity index (χ0v) is 16.7. The van der Waals surface area contributed by atoms with Crippen LogP contribution < -0.4 is 0 Å². The van der Waals surface area contributed by atoms with E-state index in [0.29, 0.717) is 12.5 Å². The molecule has 0 unspecified atom stereocenters. The summed E-state index contributed by atoms with van der Waals surface area (Å²) < 4.78 is 2.14. The van der Waals surface area contributed by atoms with Gasteiger partial charge in [0, 0.05) is 36.7 Å². The number of benzene rings is 2. The molecular formula is C24H28N4O. The van der Waals surface area contributed by atoms with Gasteiger partial charge in [-0.15, -0.1) is 0 Å². The van der Waals surface area contributed by atoms with Crippen LogP contribution in [0.4, 0.5) is 0 Å². The van der Waals surface area contributed by atoms with Crippen LogP contribution in [0, 0.1) is 5.92 Å². The number of likely N-dealkylation sites (tertiary alicyclic amines) is 1. The Balaban J connectivity index is 1.26. The molecule has 29 heavy (non-hydrogen) atoms. The summed E-state index contributed by atoms with van der Waals surface area (Å²) in [4.78, 5) is 2.60. The van der Waals surface area contributed by atoms with Crippen LogP contribution in [0.15, 0.2) is 54.9 Å². The highest BCUT2D eigenvalue weighted by molar-refractivity contribution is 5.81. The van der Waals surface area contributed by atoms with E-state index in [9.17, 15) is 5.11 Å². The lowest BCUT2D eigenvalue weighted by molar-refractivity contribution is 0.167. The minimum absolute atomic E-state index is 0.173. The molecule has 5 rings (SSSR count). The van der Waals surface area contributed by atoms with Gasteiger partial charge < -0.3 is 9.67 Å². The second kappa shape index (κ2) is 8.01. The highest BCUT2D eigenvalue weighted by Crippen LogP contribution is 2.25. The molecule has 0 aliphatic carbocycles. The molecule has 1 atom stereocenters. The van der Waals surface area contributed by atoms with Crippen molar-refractivity contribution in [3.05, 3.63) is 66.0 Å². The largest absolute Gasteiger partial charge is 0.395 e. The van der Waals surface area contributed by atoms with Gasteiger partial charge in [0.1, 0.15) is 0 Å². The smallest absolute Gasteiger partial charge is 0.0650 e. The summed E-state index contributed by atoms with van der Waals surface area (Å²) in [6.45, 7) is 4.15. The summed E-state index contributed by atoms with van der Waals surface area (Å²) in [5.41, 5.74) is 5.10. The van der Waals surface area contributed by atoms with Gasteiger partial charge >= 0.3 is 0 Å². The van der Waals surface area contributed by atoms with Crippen molar-refractivity contribution in [2.45, 2.75) is 32.4 Å². The van der Waals surface area contributed by atoms with Gasteiger partial charge in [0.2, 0.25) is 0 Å². The van der Waals surface area contributed by atoms with Crippen molar-refractivity contribution in [3.63, 3.8) is 0 Å². The molecule has 4 aromatic rings. The van der Waals surface area contributed by atoms with Crippen LogP contribution in [0.1, 0.15) is 24.0 Å². The maximum absolute atomic E-state index is 9.29. The highest BCUT2D eigenvalue weighted by Gasteiger charge is 2.20. The van der Waals surface area contributed by atoms with Crippen molar-refractivity contribution in [2.75, 3.05) is 19.7 Å². The lowest BCUT2D eigenvalue weighted by Crippen LogP contribution is -2.35. The Morgan fingerprint density at radius 2 is 2.00 bits per heavy atom.